The fourth-order valence-corrected chi connectivity index (χ4v) is 2.91. The quantitative estimate of drug-likeness (QED) is 0.453. The lowest BCUT2D eigenvalue weighted by Gasteiger charge is -2.20. The molecule has 0 radical (unpaired) electrons. The molecule has 0 saturated carbocycles. The molecule has 0 amide bonds. The van der Waals surface area contributed by atoms with Crippen LogP contribution in [-0.4, -0.2) is 16.4 Å². The van der Waals surface area contributed by atoms with Crippen LogP contribution in [0.25, 0.3) is 0 Å². The number of hydrogen-bond donors (Lipinski definition) is 0. The number of fused-ring (bicyclic) bond motifs is 1. The highest BCUT2D eigenvalue weighted by Crippen LogP contribution is 2.54. The van der Waals surface area contributed by atoms with E-state index in [0.29, 0.717) is 6.07 Å². The van der Waals surface area contributed by atoms with E-state index < -0.39 is 43.7 Å². The molecule has 1 aliphatic carbocycles. The van der Waals surface area contributed by atoms with E-state index in [4.69, 9.17) is 0 Å². The molecule has 1 aromatic carbocycles. The molecule has 21 heavy (non-hydrogen) atoms. The highest BCUT2D eigenvalue weighted by molar-refractivity contribution is 9.10. The van der Waals surface area contributed by atoms with Crippen LogP contribution in [0.5, 0.6) is 0 Å². The lowest BCUT2D eigenvalue weighted by Crippen LogP contribution is -2.38. The van der Waals surface area contributed by atoms with E-state index in [1.165, 1.54) is 0 Å². The molecule has 0 aliphatic heterocycles. The number of rotatable bonds is 1. The number of hydrogen-bond acceptors (Lipinski definition) is 2. The van der Waals surface area contributed by atoms with Gasteiger partial charge in [0.2, 0.25) is 0 Å². The van der Waals surface area contributed by atoms with Crippen LogP contribution in [-0.2, 0) is 5.92 Å². The van der Waals surface area contributed by atoms with Crippen LogP contribution in [0.2, 0.25) is 0 Å². The zero-order chi connectivity index (χ0) is 16.2. The third-order valence-electron chi connectivity index (χ3n) is 2.77. The maximum absolute atomic E-state index is 14.0. The van der Waals surface area contributed by atoms with Crippen molar-refractivity contribution in [2.45, 2.75) is 37.4 Å². The van der Waals surface area contributed by atoms with Crippen molar-refractivity contribution in [2.75, 3.05) is 0 Å². The van der Waals surface area contributed by atoms with Gasteiger partial charge in [-0.05, 0) is 60.8 Å². The minimum absolute atomic E-state index is 0.426. The Kier molecular flexibility index (Phi) is 3.94. The second-order valence-electron chi connectivity index (χ2n) is 5.58. The number of nitrogens with zero attached hydrogens (tertiary/aromatic N) is 1. The molecule has 1 nitrogen and oxygen atoms in total. The standard InChI is InChI=1S/C13H11BrF5NS/c1-11(2,3)21-20-10-8-6(4-5-7(15)9(8)14)12(16,17)13(10,18)19/h4-5H,1-3H3. The zero-order valence-electron chi connectivity index (χ0n) is 11.3. The van der Waals surface area contributed by atoms with Gasteiger partial charge in [-0.3, -0.25) is 0 Å². The second kappa shape index (κ2) is 4.94. The van der Waals surface area contributed by atoms with Gasteiger partial charge in [-0.2, -0.15) is 17.6 Å². The first-order chi connectivity index (χ1) is 9.39. The Hall–Kier alpha value is -0.630. The SMILES string of the molecule is CC(C)(C)SN=C1c2c(ccc(F)c2Br)C(F)(F)C1(F)F. The largest absolute Gasteiger partial charge is 0.357 e. The summed E-state index contributed by atoms with van der Waals surface area (Å²) in [5, 5.41) is 0. The molecule has 1 aliphatic rings. The Morgan fingerprint density at radius 2 is 1.67 bits per heavy atom. The van der Waals surface area contributed by atoms with Crippen LogP contribution in [0.3, 0.4) is 0 Å². The lowest BCUT2D eigenvalue weighted by molar-refractivity contribution is -0.166. The van der Waals surface area contributed by atoms with Crippen LogP contribution in [0.1, 0.15) is 31.9 Å². The van der Waals surface area contributed by atoms with Crippen molar-refractivity contribution in [2.24, 2.45) is 4.40 Å². The molecular formula is C13H11BrF5NS. The molecule has 0 aromatic heterocycles. The monoisotopic (exact) mass is 387 g/mol. The second-order valence-corrected chi connectivity index (χ2v) is 7.96. The van der Waals surface area contributed by atoms with E-state index in [0.717, 1.165) is 18.0 Å². The summed E-state index contributed by atoms with van der Waals surface area (Å²) in [5.74, 6) is -9.80. The first-order valence-electron chi connectivity index (χ1n) is 5.90. The van der Waals surface area contributed by atoms with Gasteiger partial charge in [0.25, 0.3) is 0 Å². The number of alkyl halides is 4. The Morgan fingerprint density at radius 1 is 1.10 bits per heavy atom. The van der Waals surface area contributed by atoms with Crippen LogP contribution >= 0.6 is 27.9 Å². The van der Waals surface area contributed by atoms with Crippen LogP contribution in [0, 0.1) is 5.82 Å². The van der Waals surface area contributed by atoms with Gasteiger partial charge in [-0.25, -0.2) is 8.79 Å². The number of benzene rings is 1. The molecule has 0 saturated heterocycles. The van der Waals surface area contributed by atoms with Gasteiger partial charge in [0.1, 0.15) is 11.5 Å². The van der Waals surface area contributed by atoms with Gasteiger partial charge in [0, 0.05) is 15.9 Å². The summed E-state index contributed by atoms with van der Waals surface area (Å²) in [6.45, 7) is 5.11. The van der Waals surface area contributed by atoms with E-state index in [1.54, 1.807) is 20.8 Å². The predicted octanol–water partition coefficient (Wildman–Crippen LogP) is 5.56. The summed E-state index contributed by atoms with van der Waals surface area (Å²) in [4.78, 5) is 0. The Morgan fingerprint density at radius 3 is 2.19 bits per heavy atom. The average Bonchev–Trinajstić information content (AvgIpc) is 2.46. The Bertz CT molecular complexity index is 622. The van der Waals surface area contributed by atoms with Crippen molar-refractivity contribution in [1.29, 1.82) is 0 Å². The van der Waals surface area contributed by atoms with Crippen molar-refractivity contribution in [1.82, 2.24) is 0 Å². The van der Waals surface area contributed by atoms with Crippen molar-refractivity contribution < 1.29 is 22.0 Å². The minimum Gasteiger partial charge on any atom is -0.213 e. The van der Waals surface area contributed by atoms with Crippen LogP contribution in [0.15, 0.2) is 21.0 Å². The molecule has 2 rings (SSSR count). The summed E-state index contributed by atoms with van der Waals surface area (Å²) >= 11 is 3.51. The molecular weight excluding hydrogens is 377 g/mol. The molecule has 0 N–H and O–H groups in total. The first-order valence-corrected chi connectivity index (χ1v) is 7.47. The Balaban J connectivity index is 2.70. The fourth-order valence-electron chi connectivity index (χ4n) is 1.80. The number of halogens is 6. The van der Waals surface area contributed by atoms with Crippen molar-refractivity contribution >= 4 is 33.6 Å². The van der Waals surface area contributed by atoms with Crippen molar-refractivity contribution in [3.05, 3.63) is 33.5 Å². The summed E-state index contributed by atoms with van der Waals surface area (Å²) < 4.78 is 72.0. The van der Waals surface area contributed by atoms with E-state index in [2.05, 4.69) is 20.3 Å². The highest BCUT2D eigenvalue weighted by atomic mass is 79.9. The fraction of sp³-hybridized carbons (Fsp3) is 0.462. The van der Waals surface area contributed by atoms with Crippen molar-refractivity contribution in [3.8, 4) is 0 Å². The molecule has 1 aromatic rings. The lowest BCUT2D eigenvalue weighted by atomic mass is 10.1. The van der Waals surface area contributed by atoms with Crippen molar-refractivity contribution in [3.63, 3.8) is 0 Å². The third-order valence-corrected chi connectivity index (χ3v) is 4.37. The highest BCUT2D eigenvalue weighted by Gasteiger charge is 2.68. The first kappa shape index (κ1) is 16.7. The smallest absolute Gasteiger partial charge is 0.213 e. The molecule has 116 valence electrons. The average molecular weight is 388 g/mol. The normalized spacial score (nSPS) is 21.7. The van der Waals surface area contributed by atoms with Gasteiger partial charge < -0.3 is 0 Å². The van der Waals surface area contributed by atoms with E-state index >= 15 is 0 Å². The summed E-state index contributed by atoms with van der Waals surface area (Å²) in [7, 11) is 0. The van der Waals surface area contributed by atoms with Gasteiger partial charge in [-0.15, -0.1) is 0 Å². The van der Waals surface area contributed by atoms with Gasteiger partial charge in [0.05, 0.1) is 4.47 Å². The van der Waals surface area contributed by atoms with E-state index in [9.17, 15) is 22.0 Å². The topological polar surface area (TPSA) is 12.4 Å². The van der Waals surface area contributed by atoms with E-state index in [1.807, 2.05) is 0 Å². The molecule has 8 heteroatoms. The molecule has 0 fully saturated rings. The van der Waals surface area contributed by atoms with Gasteiger partial charge in [0.15, 0.2) is 0 Å². The van der Waals surface area contributed by atoms with Gasteiger partial charge >= 0.3 is 11.8 Å². The molecule has 0 bridgehead atoms. The summed E-state index contributed by atoms with van der Waals surface area (Å²) in [5.41, 5.74) is -2.59. The predicted molar refractivity (Wildman–Crippen MR) is 76.8 cm³/mol. The van der Waals surface area contributed by atoms with E-state index in [-0.39, 0.29) is 0 Å². The zero-order valence-corrected chi connectivity index (χ0v) is 13.7. The molecule has 0 unspecified atom stereocenters. The summed E-state index contributed by atoms with van der Waals surface area (Å²) in [6.07, 6.45) is 0. The third kappa shape index (κ3) is 2.60. The van der Waals surface area contributed by atoms with Crippen LogP contribution in [0.4, 0.5) is 22.0 Å². The maximum atomic E-state index is 14.0. The minimum atomic E-state index is -4.48. The maximum Gasteiger partial charge on any atom is 0.357 e. The molecule has 0 atom stereocenters. The van der Waals surface area contributed by atoms with Crippen LogP contribution < -0.4 is 0 Å². The summed E-state index contributed by atoms with van der Waals surface area (Å²) in [6, 6.07) is 1.40. The molecule has 0 heterocycles. The Labute approximate surface area is 131 Å². The molecule has 0 spiro atoms. The van der Waals surface area contributed by atoms with Gasteiger partial charge in [-0.1, -0.05) is 0 Å².